The molecule has 0 radical (unpaired) electrons. The van der Waals surface area contributed by atoms with Gasteiger partial charge in [-0.1, -0.05) is 29.8 Å². The Hall–Kier alpha value is -2.70. The van der Waals surface area contributed by atoms with Crippen LogP contribution in [-0.4, -0.2) is 9.97 Å². The molecule has 7 heteroatoms. The first-order chi connectivity index (χ1) is 12.6. The van der Waals surface area contributed by atoms with Crippen molar-refractivity contribution in [3.05, 3.63) is 80.9 Å². The van der Waals surface area contributed by atoms with E-state index in [1.54, 1.807) is 18.2 Å². The molecule has 0 amide bonds. The summed E-state index contributed by atoms with van der Waals surface area (Å²) in [6.07, 6.45) is 0. The molecule has 0 bridgehead atoms. The fourth-order valence-corrected chi connectivity index (χ4v) is 3.90. The summed E-state index contributed by atoms with van der Waals surface area (Å²) >= 11 is 7.67. The number of rotatable bonds is 4. The summed E-state index contributed by atoms with van der Waals surface area (Å²) in [5.74, 6) is 0.216. The van der Waals surface area contributed by atoms with Crippen LogP contribution < -0.4 is 10.9 Å². The fraction of sp³-hybridized carbons (Fsp3) is 0.0526. The number of aromatic amines is 1. The van der Waals surface area contributed by atoms with Gasteiger partial charge in [-0.05, 0) is 30.3 Å². The number of aromatic nitrogens is 2. The van der Waals surface area contributed by atoms with Crippen LogP contribution in [0.25, 0.3) is 21.3 Å². The van der Waals surface area contributed by atoms with Gasteiger partial charge in [-0.25, -0.2) is 9.37 Å². The van der Waals surface area contributed by atoms with E-state index in [2.05, 4.69) is 15.3 Å². The van der Waals surface area contributed by atoms with Crippen molar-refractivity contribution < 1.29 is 4.39 Å². The maximum atomic E-state index is 13.0. The van der Waals surface area contributed by atoms with Crippen LogP contribution in [0.15, 0.2) is 58.7 Å². The van der Waals surface area contributed by atoms with Gasteiger partial charge >= 0.3 is 0 Å². The van der Waals surface area contributed by atoms with Gasteiger partial charge in [0, 0.05) is 27.2 Å². The second-order valence-corrected chi connectivity index (χ2v) is 6.95. The minimum absolute atomic E-state index is 0.206. The van der Waals surface area contributed by atoms with Crippen molar-refractivity contribution in [2.45, 2.75) is 6.54 Å². The Morgan fingerprint density at radius 2 is 1.88 bits per heavy atom. The number of thiophene rings is 1. The van der Waals surface area contributed by atoms with Crippen molar-refractivity contribution in [2.75, 3.05) is 5.32 Å². The maximum Gasteiger partial charge on any atom is 0.260 e. The maximum absolute atomic E-state index is 13.0. The lowest BCUT2D eigenvalue weighted by Gasteiger charge is -2.06. The normalized spacial score (nSPS) is 11.0. The number of nitrogens with one attached hydrogen (secondary N) is 2. The van der Waals surface area contributed by atoms with Gasteiger partial charge in [-0.15, -0.1) is 11.3 Å². The molecule has 0 aliphatic rings. The molecule has 0 saturated heterocycles. The van der Waals surface area contributed by atoms with E-state index in [1.807, 2.05) is 23.6 Å². The summed E-state index contributed by atoms with van der Waals surface area (Å²) in [7, 11) is 0. The highest BCUT2D eigenvalue weighted by atomic mass is 35.5. The predicted octanol–water partition coefficient (Wildman–Crippen LogP) is 5.06. The number of fused-ring (bicyclic) bond motifs is 1. The Labute approximate surface area is 157 Å². The number of halogens is 2. The SMILES string of the molecule is O=c1[nH]c(CNc2ccc(F)cc2)nc2scc(-c3ccccc3Cl)c12. The summed E-state index contributed by atoms with van der Waals surface area (Å²) in [5.41, 5.74) is 2.13. The highest BCUT2D eigenvalue weighted by molar-refractivity contribution is 7.17. The lowest BCUT2D eigenvalue weighted by atomic mass is 10.1. The molecular weight excluding hydrogens is 373 g/mol. The van der Waals surface area contributed by atoms with Crippen LogP contribution in [0.5, 0.6) is 0 Å². The molecule has 2 aromatic carbocycles. The molecule has 0 aliphatic heterocycles. The molecule has 2 aromatic heterocycles. The minimum Gasteiger partial charge on any atom is -0.378 e. The van der Waals surface area contributed by atoms with Crippen LogP contribution in [0.4, 0.5) is 10.1 Å². The standard InChI is InChI=1S/C19H13ClFN3OS/c20-15-4-2-1-3-13(15)14-10-26-19-17(14)18(25)23-16(24-19)9-22-12-7-5-11(21)6-8-12/h1-8,10,22H,9H2,(H,23,24,25). The first-order valence-corrected chi connectivity index (χ1v) is 9.12. The van der Waals surface area contributed by atoms with E-state index < -0.39 is 0 Å². The van der Waals surface area contributed by atoms with Crippen LogP contribution in [0, 0.1) is 5.82 Å². The van der Waals surface area contributed by atoms with Gasteiger partial charge in [0.2, 0.25) is 0 Å². The topological polar surface area (TPSA) is 57.8 Å². The molecular formula is C19H13ClFN3OS. The van der Waals surface area contributed by atoms with Gasteiger partial charge in [0.05, 0.1) is 11.9 Å². The predicted molar refractivity (Wildman–Crippen MR) is 104 cm³/mol. The summed E-state index contributed by atoms with van der Waals surface area (Å²) < 4.78 is 13.0. The van der Waals surface area contributed by atoms with Gasteiger partial charge in [-0.2, -0.15) is 0 Å². The van der Waals surface area contributed by atoms with Crippen molar-refractivity contribution in [3.63, 3.8) is 0 Å². The van der Waals surface area contributed by atoms with E-state index in [0.29, 0.717) is 27.6 Å². The lowest BCUT2D eigenvalue weighted by Crippen LogP contribution is -2.14. The summed E-state index contributed by atoms with van der Waals surface area (Å²) in [5, 5.41) is 6.13. The van der Waals surface area contributed by atoms with E-state index in [9.17, 15) is 9.18 Å². The van der Waals surface area contributed by atoms with E-state index in [4.69, 9.17) is 11.6 Å². The first-order valence-electron chi connectivity index (χ1n) is 7.86. The molecule has 2 N–H and O–H groups in total. The van der Waals surface area contributed by atoms with E-state index in [0.717, 1.165) is 16.8 Å². The molecule has 2 heterocycles. The second kappa shape index (κ2) is 6.90. The Bertz CT molecular complexity index is 1140. The zero-order valence-electron chi connectivity index (χ0n) is 13.4. The number of hydrogen-bond acceptors (Lipinski definition) is 4. The molecule has 4 nitrogen and oxygen atoms in total. The van der Waals surface area contributed by atoms with Crippen LogP contribution in [-0.2, 0) is 6.54 Å². The van der Waals surface area contributed by atoms with Crippen LogP contribution in [0.3, 0.4) is 0 Å². The molecule has 0 fully saturated rings. The van der Waals surface area contributed by atoms with Crippen LogP contribution >= 0.6 is 22.9 Å². The quantitative estimate of drug-likeness (QED) is 0.516. The average Bonchev–Trinajstić information content (AvgIpc) is 3.06. The third kappa shape index (κ3) is 3.21. The highest BCUT2D eigenvalue weighted by Crippen LogP contribution is 2.34. The number of H-pyrrole nitrogens is 1. The van der Waals surface area contributed by atoms with Gasteiger partial charge < -0.3 is 10.3 Å². The third-order valence-electron chi connectivity index (χ3n) is 3.96. The third-order valence-corrected chi connectivity index (χ3v) is 5.16. The Balaban J connectivity index is 1.67. The first kappa shape index (κ1) is 16.8. The fourth-order valence-electron chi connectivity index (χ4n) is 2.71. The van der Waals surface area contributed by atoms with Crippen LogP contribution in [0.1, 0.15) is 5.82 Å². The molecule has 0 saturated carbocycles. The number of benzene rings is 2. The van der Waals surface area contributed by atoms with Gasteiger partial charge in [0.25, 0.3) is 5.56 Å². The molecule has 4 aromatic rings. The largest absolute Gasteiger partial charge is 0.378 e. The van der Waals surface area contributed by atoms with Crippen molar-refractivity contribution in [1.82, 2.24) is 9.97 Å². The van der Waals surface area contributed by atoms with Crippen molar-refractivity contribution in [2.24, 2.45) is 0 Å². The number of anilines is 1. The molecule has 130 valence electrons. The van der Waals surface area contributed by atoms with Gasteiger partial charge in [-0.3, -0.25) is 4.79 Å². The molecule has 0 aliphatic carbocycles. The summed E-state index contributed by atoms with van der Waals surface area (Å²) in [6, 6.07) is 13.4. The van der Waals surface area contributed by atoms with E-state index in [-0.39, 0.29) is 11.4 Å². The van der Waals surface area contributed by atoms with E-state index in [1.165, 1.54) is 23.5 Å². The Morgan fingerprint density at radius 3 is 2.65 bits per heavy atom. The Morgan fingerprint density at radius 1 is 1.12 bits per heavy atom. The van der Waals surface area contributed by atoms with Crippen LogP contribution in [0.2, 0.25) is 5.02 Å². The smallest absolute Gasteiger partial charge is 0.260 e. The zero-order valence-corrected chi connectivity index (χ0v) is 15.0. The molecule has 26 heavy (non-hydrogen) atoms. The van der Waals surface area contributed by atoms with E-state index >= 15 is 0 Å². The average molecular weight is 386 g/mol. The summed E-state index contributed by atoms with van der Waals surface area (Å²) in [4.78, 5) is 20.6. The number of nitrogens with zero attached hydrogens (tertiary/aromatic N) is 1. The molecule has 0 unspecified atom stereocenters. The Kier molecular flexibility index (Phi) is 4.44. The van der Waals surface area contributed by atoms with Crippen molar-refractivity contribution in [3.8, 4) is 11.1 Å². The molecule has 0 atom stereocenters. The zero-order chi connectivity index (χ0) is 18.1. The lowest BCUT2D eigenvalue weighted by molar-refractivity contribution is 0.628. The molecule has 4 rings (SSSR count). The monoisotopic (exact) mass is 385 g/mol. The van der Waals surface area contributed by atoms with Gasteiger partial charge in [0.15, 0.2) is 0 Å². The number of hydrogen-bond donors (Lipinski definition) is 2. The minimum atomic E-state index is -0.297. The highest BCUT2D eigenvalue weighted by Gasteiger charge is 2.14. The van der Waals surface area contributed by atoms with Gasteiger partial charge in [0.1, 0.15) is 16.5 Å². The second-order valence-electron chi connectivity index (χ2n) is 5.68. The summed E-state index contributed by atoms with van der Waals surface area (Å²) in [6.45, 7) is 0.330. The van der Waals surface area contributed by atoms with Crippen molar-refractivity contribution >= 4 is 38.8 Å². The molecule has 0 spiro atoms. The van der Waals surface area contributed by atoms with Crippen molar-refractivity contribution in [1.29, 1.82) is 0 Å².